The summed E-state index contributed by atoms with van der Waals surface area (Å²) < 4.78 is 0. The molecule has 0 bridgehead atoms. The van der Waals surface area contributed by atoms with E-state index in [1.807, 2.05) is 37.3 Å². The number of nitrogens with one attached hydrogen (secondary N) is 3. The van der Waals surface area contributed by atoms with E-state index in [2.05, 4.69) is 16.0 Å². The van der Waals surface area contributed by atoms with Gasteiger partial charge >= 0.3 is 0 Å². The Labute approximate surface area is 146 Å². The first kappa shape index (κ1) is 17.8. The van der Waals surface area contributed by atoms with Crippen LogP contribution in [-0.2, 0) is 9.59 Å². The average molecular weight is 334 g/mol. The molecule has 2 aromatic carbocycles. The molecular formula is C19H18N4O2. The number of rotatable bonds is 5. The van der Waals surface area contributed by atoms with Crippen molar-refractivity contribution >= 4 is 28.9 Å². The van der Waals surface area contributed by atoms with Crippen molar-refractivity contribution in [1.82, 2.24) is 0 Å². The van der Waals surface area contributed by atoms with Crippen LogP contribution >= 0.6 is 0 Å². The van der Waals surface area contributed by atoms with E-state index in [9.17, 15) is 14.9 Å². The lowest BCUT2D eigenvalue weighted by Gasteiger charge is -2.07. The van der Waals surface area contributed by atoms with Crippen LogP contribution in [0.4, 0.5) is 17.1 Å². The van der Waals surface area contributed by atoms with E-state index in [4.69, 9.17) is 0 Å². The van der Waals surface area contributed by atoms with Crippen molar-refractivity contribution < 1.29 is 9.59 Å². The molecule has 6 heteroatoms. The molecule has 6 nitrogen and oxygen atoms in total. The number of amides is 2. The van der Waals surface area contributed by atoms with E-state index in [0.717, 1.165) is 11.3 Å². The summed E-state index contributed by atoms with van der Waals surface area (Å²) in [5.41, 5.74) is 3.01. The molecule has 0 aliphatic heterocycles. The van der Waals surface area contributed by atoms with Crippen molar-refractivity contribution in [2.45, 2.75) is 13.8 Å². The topological polar surface area (TPSA) is 94.0 Å². The van der Waals surface area contributed by atoms with Crippen LogP contribution < -0.4 is 16.0 Å². The second-order valence-electron chi connectivity index (χ2n) is 5.39. The second kappa shape index (κ2) is 8.31. The van der Waals surface area contributed by atoms with Crippen molar-refractivity contribution in [2.24, 2.45) is 0 Å². The first-order chi connectivity index (χ1) is 12.0. The number of anilines is 3. The Morgan fingerprint density at radius 3 is 1.96 bits per heavy atom. The van der Waals surface area contributed by atoms with Crippen LogP contribution in [0, 0.1) is 18.3 Å². The molecule has 126 valence electrons. The first-order valence-corrected chi connectivity index (χ1v) is 7.60. The molecule has 3 N–H and O–H groups in total. The zero-order valence-corrected chi connectivity index (χ0v) is 14.0. The summed E-state index contributed by atoms with van der Waals surface area (Å²) in [7, 11) is 0. The highest BCUT2D eigenvalue weighted by atomic mass is 16.2. The Balaban J connectivity index is 2.01. The normalized spacial score (nSPS) is 10.5. The van der Waals surface area contributed by atoms with Crippen molar-refractivity contribution in [2.75, 3.05) is 16.0 Å². The molecule has 0 spiro atoms. The smallest absolute Gasteiger partial charge is 0.267 e. The van der Waals surface area contributed by atoms with Crippen LogP contribution in [0.2, 0.25) is 0 Å². The predicted molar refractivity (Wildman–Crippen MR) is 97.9 cm³/mol. The number of carbonyl (C=O) groups is 2. The third-order valence-corrected chi connectivity index (χ3v) is 3.26. The summed E-state index contributed by atoms with van der Waals surface area (Å²) in [6, 6.07) is 16.1. The highest BCUT2D eigenvalue weighted by molar-refractivity contribution is 6.06. The van der Waals surface area contributed by atoms with Gasteiger partial charge in [0.2, 0.25) is 5.91 Å². The highest BCUT2D eigenvalue weighted by Gasteiger charge is 2.09. The number of carbonyl (C=O) groups excluding carboxylic acids is 2. The molecule has 2 amide bonds. The molecule has 0 heterocycles. The zero-order chi connectivity index (χ0) is 18.2. The molecule has 0 aromatic heterocycles. The first-order valence-electron chi connectivity index (χ1n) is 7.60. The fraction of sp³-hybridized carbons (Fsp3) is 0.105. The fourth-order valence-corrected chi connectivity index (χ4v) is 1.99. The molecule has 0 aliphatic carbocycles. The van der Waals surface area contributed by atoms with Crippen LogP contribution in [0.15, 0.2) is 60.3 Å². The van der Waals surface area contributed by atoms with Crippen LogP contribution in [-0.4, -0.2) is 11.8 Å². The molecule has 0 radical (unpaired) electrons. The Morgan fingerprint density at radius 1 is 0.920 bits per heavy atom. The summed E-state index contributed by atoms with van der Waals surface area (Å²) in [5.74, 6) is -0.692. The Bertz CT molecular complexity index is 831. The van der Waals surface area contributed by atoms with Gasteiger partial charge in [-0.1, -0.05) is 17.7 Å². The van der Waals surface area contributed by atoms with Gasteiger partial charge in [-0.25, -0.2) is 0 Å². The van der Waals surface area contributed by atoms with Crippen molar-refractivity contribution in [3.63, 3.8) is 0 Å². The lowest BCUT2D eigenvalue weighted by atomic mass is 10.2. The molecule has 2 rings (SSSR count). The fourth-order valence-electron chi connectivity index (χ4n) is 1.99. The van der Waals surface area contributed by atoms with Crippen LogP contribution in [0.25, 0.3) is 0 Å². The van der Waals surface area contributed by atoms with E-state index < -0.39 is 5.91 Å². The third-order valence-electron chi connectivity index (χ3n) is 3.26. The number of hydrogen-bond donors (Lipinski definition) is 3. The number of nitriles is 1. The summed E-state index contributed by atoms with van der Waals surface area (Å²) in [6.07, 6.45) is 1.37. The number of hydrogen-bond acceptors (Lipinski definition) is 4. The van der Waals surface area contributed by atoms with E-state index in [0.29, 0.717) is 11.4 Å². The zero-order valence-electron chi connectivity index (χ0n) is 14.0. The van der Waals surface area contributed by atoms with Gasteiger partial charge in [0.15, 0.2) is 0 Å². The number of aryl methyl sites for hydroxylation is 1. The van der Waals surface area contributed by atoms with Gasteiger partial charge in [0, 0.05) is 30.2 Å². The summed E-state index contributed by atoms with van der Waals surface area (Å²) in [4.78, 5) is 23.2. The summed E-state index contributed by atoms with van der Waals surface area (Å²) in [6.45, 7) is 3.39. The minimum Gasteiger partial charge on any atom is -0.360 e. The minimum absolute atomic E-state index is 0.0495. The van der Waals surface area contributed by atoms with Crippen molar-refractivity contribution in [1.29, 1.82) is 5.26 Å². The molecule has 2 aromatic rings. The second-order valence-corrected chi connectivity index (χ2v) is 5.39. The standard InChI is InChI=1S/C19H18N4O2/c1-13-3-5-16(6-4-13)21-12-15(11-20)19(25)23-18-9-7-17(8-10-18)22-14(2)24/h3-10,12,21H,1-2H3,(H,22,24)(H,23,25)/b15-12-. The maximum absolute atomic E-state index is 12.2. The SMILES string of the molecule is CC(=O)Nc1ccc(NC(=O)/C(C#N)=C\Nc2ccc(C)cc2)cc1. The largest absolute Gasteiger partial charge is 0.360 e. The van der Waals surface area contributed by atoms with E-state index >= 15 is 0 Å². The van der Waals surface area contributed by atoms with Gasteiger partial charge in [0.25, 0.3) is 5.91 Å². The van der Waals surface area contributed by atoms with E-state index in [1.165, 1.54) is 13.1 Å². The molecule has 0 unspecified atom stereocenters. The minimum atomic E-state index is -0.519. The Hall–Kier alpha value is -3.59. The molecule has 0 fully saturated rings. The van der Waals surface area contributed by atoms with E-state index in [1.54, 1.807) is 24.3 Å². The number of nitrogens with zero attached hydrogens (tertiary/aromatic N) is 1. The van der Waals surface area contributed by atoms with Crippen molar-refractivity contribution in [3.8, 4) is 6.07 Å². The van der Waals surface area contributed by atoms with Gasteiger partial charge in [-0.2, -0.15) is 5.26 Å². The Kier molecular flexibility index (Phi) is 5.91. The lowest BCUT2D eigenvalue weighted by molar-refractivity contribution is -0.114. The molecule has 0 saturated heterocycles. The molecule has 0 atom stereocenters. The van der Waals surface area contributed by atoms with Crippen molar-refractivity contribution in [3.05, 3.63) is 65.9 Å². The van der Waals surface area contributed by atoms with Crippen LogP contribution in [0.3, 0.4) is 0 Å². The lowest BCUT2D eigenvalue weighted by Crippen LogP contribution is -2.14. The summed E-state index contributed by atoms with van der Waals surface area (Å²) in [5, 5.41) is 17.4. The number of benzene rings is 2. The molecule has 25 heavy (non-hydrogen) atoms. The Morgan fingerprint density at radius 2 is 1.44 bits per heavy atom. The molecular weight excluding hydrogens is 316 g/mol. The van der Waals surface area contributed by atoms with Crippen LogP contribution in [0.1, 0.15) is 12.5 Å². The molecule has 0 aliphatic rings. The highest BCUT2D eigenvalue weighted by Crippen LogP contribution is 2.15. The van der Waals surface area contributed by atoms with Gasteiger partial charge in [0.05, 0.1) is 0 Å². The van der Waals surface area contributed by atoms with Crippen LogP contribution in [0.5, 0.6) is 0 Å². The predicted octanol–water partition coefficient (Wildman–Crippen LogP) is 3.41. The third kappa shape index (κ3) is 5.52. The maximum atomic E-state index is 12.2. The quantitative estimate of drug-likeness (QED) is 0.577. The van der Waals surface area contributed by atoms with Gasteiger partial charge in [-0.15, -0.1) is 0 Å². The van der Waals surface area contributed by atoms with Gasteiger partial charge in [-0.05, 0) is 43.3 Å². The van der Waals surface area contributed by atoms with Gasteiger partial charge in [-0.3, -0.25) is 9.59 Å². The average Bonchev–Trinajstić information content (AvgIpc) is 2.58. The van der Waals surface area contributed by atoms with Gasteiger partial charge < -0.3 is 16.0 Å². The van der Waals surface area contributed by atoms with E-state index in [-0.39, 0.29) is 11.5 Å². The summed E-state index contributed by atoms with van der Waals surface area (Å²) >= 11 is 0. The van der Waals surface area contributed by atoms with Gasteiger partial charge in [0.1, 0.15) is 11.6 Å². The monoisotopic (exact) mass is 334 g/mol. The molecule has 0 saturated carbocycles. The maximum Gasteiger partial charge on any atom is 0.267 e.